The average molecular weight is 193 g/mol. The van der Waals surface area contributed by atoms with Crippen molar-refractivity contribution >= 4 is 5.43 Å². The number of rotatable bonds is 3. The van der Waals surface area contributed by atoms with Gasteiger partial charge in [0.1, 0.15) is 0 Å². The molecule has 0 spiro atoms. The molecule has 0 rings (SSSR count). The fraction of sp³-hybridized carbons (Fsp3) is 1.00. The van der Waals surface area contributed by atoms with Gasteiger partial charge in [0.15, 0.2) is 0 Å². The van der Waals surface area contributed by atoms with E-state index < -0.39 is 0 Å². The summed E-state index contributed by atoms with van der Waals surface area (Å²) < 4.78 is 0. The Labute approximate surface area is 59.5 Å². The van der Waals surface area contributed by atoms with Crippen molar-refractivity contribution in [2.45, 2.75) is 19.0 Å². The molecule has 0 aliphatic heterocycles. The molecule has 38 valence electrons. The molecule has 3 heteroatoms. The second-order valence-electron chi connectivity index (χ2n) is 1.61. The molecule has 0 saturated carbocycles. The topological polar surface area (TPSA) is 20.2 Å². The third-order valence-corrected chi connectivity index (χ3v) is 3.66. The van der Waals surface area contributed by atoms with Gasteiger partial charge in [0.05, 0.1) is 0 Å². The molecule has 0 unspecified atom stereocenters. The Morgan fingerprint density at radius 2 is 2.29 bits per heavy atom. The number of hydrogen-bond acceptors (Lipinski definition) is 1. The molecule has 0 aromatic rings. The van der Waals surface area contributed by atoms with E-state index in [4.69, 9.17) is 5.11 Å². The summed E-state index contributed by atoms with van der Waals surface area (Å²) in [4.78, 5) is 0. The summed E-state index contributed by atoms with van der Waals surface area (Å²) >= 11 is 1.69. The van der Waals surface area contributed by atoms with Gasteiger partial charge < -0.3 is 0 Å². The minimum atomic E-state index is 0.0327. The van der Waals surface area contributed by atoms with Crippen molar-refractivity contribution in [1.29, 1.82) is 0 Å². The Bertz CT molecular complexity index is 64.7. The summed E-state index contributed by atoms with van der Waals surface area (Å²) in [5, 5.41) is 8.34. The summed E-state index contributed by atoms with van der Waals surface area (Å²) in [6.45, 7) is 2.69. The molecule has 7 heavy (non-hydrogen) atoms. The van der Waals surface area contributed by atoms with Crippen LogP contribution in [0.5, 0.6) is 0 Å². The first kappa shape index (κ1) is 8.06. The van der Waals surface area contributed by atoms with Gasteiger partial charge in [-0.3, -0.25) is 0 Å². The van der Waals surface area contributed by atoms with E-state index in [9.17, 15) is 0 Å². The quantitative estimate of drug-likeness (QED) is 0.649. The Hall–Kier alpha value is 1.06. The summed E-state index contributed by atoms with van der Waals surface area (Å²) in [6, 6.07) is 1.29. The van der Waals surface area contributed by atoms with Crippen LogP contribution in [0.1, 0.15) is 6.42 Å². The van der Waals surface area contributed by atoms with E-state index in [2.05, 4.69) is 6.55 Å². The first-order valence-electron chi connectivity index (χ1n) is 2.42. The molecule has 0 heterocycles. The second-order valence-corrected chi connectivity index (χ2v) is 9.96. The molecule has 0 saturated heterocycles. The standard InChI is InChI=1S/C4H10OSi.Zr/c1-6-4-2-3-5;/h5H,2-4H2,1H3;/q;+2. The van der Waals surface area contributed by atoms with Crippen LogP contribution in [0.25, 0.3) is 0 Å². The molecule has 0 radical (unpaired) electrons. The third kappa shape index (κ3) is 7.06. The number of hydrogen-bond donors (Lipinski definition) is 1. The molecular weight excluding hydrogens is 183 g/mol. The van der Waals surface area contributed by atoms with E-state index in [0.717, 1.165) is 6.42 Å². The average Bonchev–Trinajstić information content (AvgIpc) is 1.61. The Morgan fingerprint density at radius 1 is 1.71 bits per heavy atom. The maximum absolute atomic E-state index is 8.34. The summed E-state index contributed by atoms with van der Waals surface area (Å²) in [6.07, 6.45) is 1.02. The molecule has 0 bridgehead atoms. The van der Waals surface area contributed by atoms with Crippen LogP contribution in [0.4, 0.5) is 0 Å². The van der Waals surface area contributed by atoms with E-state index >= 15 is 0 Å². The van der Waals surface area contributed by atoms with Gasteiger partial charge in [-0.05, 0) is 0 Å². The van der Waals surface area contributed by atoms with Crippen LogP contribution in [-0.2, 0) is 23.3 Å². The summed E-state index contributed by atoms with van der Waals surface area (Å²) in [5.41, 5.74) is 0.0327. The zero-order valence-corrected chi connectivity index (χ0v) is 8.03. The van der Waals surface area contributed by atoms with Crippen molar-refractivity contribution in [2.24, 2.45) is 0 Å². The zero-order chi connectivity index (χ0) is 5.70. The van der Waals surface area contributed by atoms with Crippen LogP contribution in [0.2, 0.25) is 12.6 Å². The molecule has 0 aliphatic rings. The molecule has 0 atom stereocenters. The van der Waals surface area contributed by atoms with E-state index in [1.807, 2.05) is 0 Å². The summed E-state index contributed by atoms with van der Waals surface area (Å²) in [7, 11) is 0. The van der Waals surface area contributed by atoms with E-state index in [0.29, 0.717) is 6.61 Å². The minimum absolute atomic E-state index is 0.0327. The molecule has 0 aromatic carbocycles. The predicted octanol–water partition coefficient (Wildman–Crippen LogP) is 0.537. The second kappa shape index (κ2) is 5.20. The molecule has 1 N–H and O–H groups in total. The fourth-order valence-electron chi connectivity index (χ4n) is 0.344. The van der Waals surface area contributed by atoms with E-state index in [1.165, 1.54) is 6.04 Å². The van der Waals surface area contributed by atoms with Crippen molar-refractivity contribution in [3.05, 3.63) is 0 Å². The third-order valence-electron chi connectivity index (χ3n) is 0.710. The van der Waals surface area contributed by atoms with Crippen molar-refractivity contribution < 1.29 is 28.4 Å². The van der Waals surface area contributed by atoms with Gasteiger partial charge in [-0.15, -0.1) is 0 Å². The monoisotopic (exact) mass is 192 g/mol. The molecule has 0 fully saturated rings. The van der Waals surface area contributed by atoms with Crippen molar-refractivity contribution in [2.75, 3.05) is 6.61 Å². The number of aliphatic hydroxyl groups is 1. The van der Waals surface area contributed by atoms with Gasteiger partial charge >= 0.3 is 59.5 Å². The van der Waals surface area contributed by atoms with Gasteiger partial charge in [0.2, 0.25) is 0 Å². The zero-order valence-electron chi connectivity index (χ0n) is 4.57. The van der Waals surface area contributed by atoms with Crippen molar-refractivity contribution in [3.8, 4) is 0 Å². The van der Waals surface area contributed by atoms with E-state index in [-0.39, 0.29) is 5.43 Å². The summed E-state index contributed by atoms with van der Waals surface area (Å²) in [5.74, 6) is 0. The first-order chi connectivity index (χ1) is 3.27. The van der Waals surface area contributed by atoms with Gasteiger partial charge in [0, 0.05) is 0 Å². The maximum atomic E-state index is 8.34. The molecule has 0 aliphatic carbocycles. The van der Waals surface area contributed by atoms with Crippen LogP contribution in [0.3, 0.4) is 0 Å². The molecule has 0 aromatic heterocycles. The van der Waals surface area contributed by atoms with Crippen LogP contribution in [0.15, 0.2) is 0 Å². The number of aliphatic hydroxyl groups excluding tert-OH is 1. The van der Waals surface area contributed by atoms with Crippen LogP contribution in [0, 0.1) is 0 Å². The Morgan fingerprint density at radius 3 is 2.43 bits per heavy atom. The molecule has 1 nitrogen and oxygen atoms in total. The van der Waals surface area contributed by atoms with Gasteiger partial charge in [-0.25, -0.2) is 0 Å². The van der Waals surface area contributed by atoms with Crippen molar-refractivity contribution in [3.63, 3.8) is 0 Å². The Kier molecular flexibility index (Phi) is 5.99. The molecular formula is C4H10OSiZr+2. The van der Waals surface area contributed by atoms with E-state index in [1.54, 1.807) is 23.3 Å². The van der Waals surface area contributed by atoms with Gasteiger partial charge in [-0.2, -0.15) is 0 Å². The molecule has 0 amide bonds. The van der Waals surface area contributed by atoms with Gasteiger partial charge in [-0.1, -0.05) is 0 Å². The normalized spacial score (nSPS) is 9.14. The predicted molar refractivity (Wildman–Crippen MR) is 28.1 cm³/mol. The van der Waals surface area contributed by atoms with Gasteiger partial charge in [0.25, 0.3) is 0 Å². The van der Waals surface area contributed by atoms with Crippen LogP contribution in [-0.4, -0.2) is 17.1 Å². The first-order valence-corrected chi connectivity index (χ1v) is 8.31. The SMILES string of the molecule is C[Si](=[Zr+2])CCCO. The Balaban J connectivity index is 2.82. The van der Waals surface area contributed by atoms with Crippen molar-refractivity contribution in [1.82, 2.24) is 0 Å². The fourth-order valence-corrected chi connectivity index (χ4v) is 2.34. The van der Waals surface area contributed by atoms with Crippen LogP contribution >= 0.6 is 0 Å². The van der Waals surface area contributed by atoms with Crippen LogP contribution < -0.4 is 0 Å².